The molecule has 6 nitrogen and oxygen atoms in total. The van der Waals surface area contributed by atoms with Crippen molar-refractivity contribution in [2.75, 3.05) is 14.1 Å². The van der Waals surface area contributed by atoms with E-state index < -0.39 is 11.8 Å². The molecule has 1 heterocycles. The van der Waals surface area contributed by atoms with Crippen LogP contribution < -0.4 is 11.5 Å². The number of nitrogens with two attached hydrogens (primary N) is 1. The van der Waals surface area contributed by atoms with Gasteiger partial charge in [0.05, 0.1) is 17.6 Å². The third-order valence-electron chi connectivity index (χ3n) is 3.17. The van der Waals surface area contributed by atoms with Gasteiger partial charge in [0.25, 0.3) is 0 Å². The highest BCUT2D eigenvalue weighted by Crippen LogP contribution is 2.26. The lowest BCUT2D eigenvalue weighted by atomic mass is 9.97. The molecule has 6 heteroatoms. The summed E-state index contributed by atoms with van der Waals surface area (Å²) in [5.74, 6) is -0.490. The van der Waals surface area contributed by atoms with Crippen molar-refractivity contribution >= 4 is 17.4 Å². The second kappa shape index (κ2) is 4.99. The summed E-state index contributed by atoms with van der Waals surface area (Å²) in [5, 5.41) is 0. The Morgan fingerprint density at radius 2 is 2.11 bits per heavy atom. The monoisotopic (exact) mass is 263 g/mol. The van der Waals surface area contributed by atoms with Crippen molar-refractivity contribution in [3.63, 3.8) is 0 Å². The Morgan fingerprint density at radius 1 is 1.42 bits per heavy atom. The molecule has 0 saturated heterocycles. The Labute approximate surface area is 110 Å². The van der Waals surface area contributed by atoms with Gasteiger partial charge in [0, 0.05) is 0 Å². The first-order valence-electron chi connectivity index (χ1n) is 5.94. The van der Waals surface area contributed by atoms with Crippen LogP contribution in [0.2, 0.25) is 0 Å². The topological polar surface area (TPSA) is 92.3 Å². The van der Waals surface area contributed by atoms with Crippen LogP contribution in [0.15, 0.2) is 21.3 Å². The van der Waals surface area contributed by atoms with Crippen molar-refractivity contribution < 1.29 is 9.21 Å². The number of likely N-dealkylation sites (N-methyl/N-ethyl adjacent to an activating group) is 1. The van der Waals surface area contributed by atoms with E-state index in [4.69, 9.17) is 10.2 Å². The molecular formula is C13H17N3O3. The number of nitrogens with zero attached hydrogens (tertiary/aromatic N) is 1. The summed E-state index contributed by atoms with van der Waals surface area (Å²) in [4.78, 5) is 26.7. The second-order valence-electron chi connectivity index (χ2n) is 4.85. The van der Waals surface area contributed by atoms with Gasteiger partial charge in [-0.2, -0.15) is 0 Å². The van der Waals surface area contributed by atoms with Crippen LogP contribution in [0.4, 0.5) is 0 Å². The van der Waals surface area contributed by atoms with Crippen LogP contribution in [0.5, 0.6) is 0 Å². The largest absolute Gasteiger partial charge is 0.417 e. The third kappa shape index (κ3) is 2.45. The van der Waals surface area contributed by atoms with E-state index in [1.807, 2.05) is 32.0 Å². The van der Waals surface area contributed by atoms with Gasteiger partial charge in [-0.3, -0.25) is 4.98 Å². The average Bonchev–Trinajstić information content (AvgIpc) is 2.69. The van der Waals surface area contributed by atoms with Gasteiger partial charge in [0.2, 0.25) is 0 Å². The van der Waals surface area contributed by atoms with Crippen LogP contribution in [0.3, 0.4) is 0 Å². The first-order chi connectivity index (χ1) is 8.93. The summed E-state index contributed by atoms with van der Waals surface area (Å²) in [6.45, 7) is 1.87. The number of aldehydes is 1. The molecule has 0 saturated carbocycles. The normalized spacial score (nSPS) is 14.8. The highest BCUT2D eigenvalue weighted by molar-refractivity contribution is 5.77. The number of aryl methyl sites for hydroxylation is 1. The summed E-state index contributed by atoms with van der Waals surface area (Å²) in [5.41, 5.74) is 8.71. The Hall–Kier alpha value is -1.92. The van der Waals surface area contributed by atoms with Gasteiger partial charge in [-0.05, 0) is 38.2 Å². The van der Waals surface area contributed by atoms with Crippen LogP contribution in [0.25, 0.3) is 11.1 Å². The van der Waals surface area contributed by atoms with E-state index in [1.54, 1.807) is 6.07 Å². The molecule has 0 aliphatic heterocycles. The first-order valence-corrected chi connectivity index (χ1v) is 5.94. The number of aromatic nitrogens is 1. The van der Waals surface area contributed by atoms with E-state index in [9.17, 15) is 9.59 Å². The number of rotatable bonds is 4. The maximum absolute atomic E-state index is 11.2. The smallest absolute Gasteiger partial charge is 0.408 e. The zero-order valence-electron chi connectivity index (χ0n) is 11.1. The minimum Gasteiger partial charge on any atom is -0.408 e. The maximum atomic E-state index is 11.2. The molecule has 0 aliphatic rings. The quantitative estimate of drug-likeness (QED) is 0.786. The molecule has 0 bridgehead atoms. The number of hydrogen-bond acceptors (Lipinski definition) is 5. The van der Waals surface area contributed by atoms with Crippen molar-refractivity contribution in [1.29, 1.82) is 0 Å². The van der Waals surface area contributed by atoms with E-state index in [-0.39, 0.29) is 6.04 Å². The van der Waals surface area contributed by atoms with E-state index >= 15 is 0 Å². The highest BCUT2D eigenvalue weighted by atomic mass is 16.4. The lowest BCUT2D eigenvalue weighted by Gasteiger charge is -2.27. The molecule has 2 unspecified atom stereocenters. The number of H-pyrrole nitrogens is 1. The number of aromatic amines is 1. The van der Waals surface area contributed by atoms with Gasteiger partial charge in [-0.15, -0.1) is 0 Å². The van der Waals surface area contributed by atoms with E-state index in [0.29, 0.717) is 11.1 Å². The molecule has 0 aliphatic carbocycles. The summed E-state index contributed by atoms with van der Waals surface area (Å²) in [6, 6.07) is 2.74. The van der Waals surface area contributed by atoms with Crippen LogP contribution in [0.1, 0.15) is 17.2 Å². The fraction of sp³-hybridized carbons (Fsp3) is 0.385. The molecule has 2 aromatic rings. The fourth-order valence-corrected chi connectivity index (χ4v) is 2.36. The summed E-state index contributed by atoms with van der Waals surface area (Å²) in [7, 11) is 3.70. The van der Waals surface area contributed by atoms with E-state index in [2.05, 4.69) is 4.98 Å². The molecule has 2 rings (SSSR count). The molecule has 102 valence electrons. The van der Waals surface area contributed by atoms with Gasteiger partial charge in [0.15, 0.2) is 5.58 Å². The lowest BCUT2D eigenvalue weighted by Crippen LogP contribution is -2.38. The van der Waals surface area contributed by atoms with Gasteiger partial charge in [-0.1, -0.05) is 6.07 Å². The maximum Gasteiger partial charge on any atom is 0.417 e. The summed E-state index contributed by atoms with van der Waals surface area (Å²) >= 11 is 0. The molecular weight excluding hydrogens is 246 g/mol. The van der Waals surface area contributed by atoms with Gasteiger partial charge >= 0.3 is 5.76 Å². The van der Waals surface area contributed by atoms with E-state index in [1.165, 1.54) is 0 Å². The molecule has 3 N–H and O–H groups in total. The third-order valence-corrected chi connectivity index (χ3v) is 3.17. The van der Waals surface area contributed by atoms with Crippen LogP contribution >= 0.6 is 0 Å². The average molecular weight is 263 g/mol. The van der Waals surface area contributed by atoms with E-state index in [0.717, 1.165) is 17.4 Å². The minimum atomic E-state index is -0.641. The zero-order valence-corrected chi connectivity index (χ0v) is 11.1. The van der Waals surface area contributed by atoms with Crippen LogP contribution in [-0.4, -0.2) is 36.3 Å². The van der Waals surface area contributed by atoms with Crippen molar-refractivity contribution in [2.45, 2.75) is 19.0 Å². The molecule has 2 atom stereocenters. The number of fused-ring (bicyclic) bond motifs is 1. The lowest BCUT2D eigenvalue weighted by molar-refractivity contribution is -0.110. The zero-order chi connectivity index (χ0) is 14.2. The van der Waals surface area contributed by atoms with Gasteiger partial charge in [-0.25, -0.2) is 4.79 Å². The standard InChI is InChI=1S/C13H17N3O3/c1-7-4-8(12(16(2)3)9(14)6-17)5-10-11(7)15-13(18)19-10/h4-6,9,12H,14H2,1-3H3,(H,15,18). The van der Waals surface area contributed by atoms with Gasteiger partial charge in [0.1, 0.15) is 6.29 Å². The Bertz CT molecular complexity index is 657. The fourth-order valence-electron chi connectivity index (χ4n) is 2.36. The Kier molecular flexibility index (Phi) is 3.55. The summed E-state index contributed by atoms with van der Waals surface area (Å²) in [6.07, 6.45) is 0.720. The minimum absolute atomic E-state index is 0.263. The molecule has 1 aromatic heterocycles. The van der Waals surface area contributed by atoms with Crippen LogP contribution in [-0.2, 0) is 4.79 Å². The van der Waals surface area contributed by atoms with Crippen molar-refractivity contribution in [3.05, 3.63) is 33.8 Å². The SMILES string of the molecule is Cc1cc(C(C(N)C=O)N(C)C)cc2oc(=O)[nH]c12. The predicted molar refractivity (Wildman–Crippen MR) is 72.0 cm³/mol. The predicted octanol–water partition coefficient (Wildman–Crippen LogP) is 0.558. The summed E-state index contributed by atoms with van der Waals surface area (Å²) < 4.78 is 5.07. The van der Waals surface area contributed by atoms with Crippen molar-refractivity contribution in [2.24, 2.45) is 5.73 Å². The highest BCUT2D eigenvalue weighted by Gasteiger charge is 2.23. The van der Waals surface area contributed by atoms with Crippen molar-refractivity contribution in [1.82, 2.24) is 9.88 Å². The van der Waals surface area contributed by atoms with Crippen molar-refractivity contribution in [3.8, 4) is 0 Å². The number of carbonyl (C=O) groups excluding carboxylic acids is 1. The number of oxazole rings is 1. The Balaban J connectivity index is 2.60. The number of nitrogens with one attached hydrogen (secondary N) is 1. The van der Waals surface area contributed by atoms with Gasteiger partial charge < -0.3 is 19.8 Å². The molecule has 1 aromatic carbocycles. The number of benzene rings is 1. The molecule has 0 fully saturated rings. The molecule has 0 spiro atoms. The first kappa shape index (κ1) is 13.5. The molecule has 19 heavy (non-hydrogen) atoms. The van der Waals surface area contributed by atoms with Crippen LogP contribution in [0, 0.1) is 6.92 Å². The Morgan fingerprint density at radius 3 is 2.68 bits per heavy atom. The number of hydrogen-bond donors (Lipinski definition) is 2. The molecule has 0 radical (unpaired) electrons. The second-order valence-corrected chi connectivity index (χ2v) is 4.85. The number of carbonyl (C=O) groups is 1. The molecule has 0 amide bonds.